The van der Waals surface area contributed by atoms with Crippen molar-refractivity contribution >= 4 is 49.8 Å². The number of aryl methyl sites for hydroxylation is 1. The monoisotopic (exact) mass is 487 g/mol. The molecule has 2 aromatic heterocycles. The van der Waals surface area contributed by atoms with Gasteiger partial charge in [-0.1, -0.05) is 15.9 Å². The first-order valence-corrected chi connectivity index (χ1v) is 11.5. The number of carbonyl (C=O) groups is 2. The lowest BCUT2D eigenvalue weighted by Crippen LogP contribution is -2.28. The first-order valence-electron chi connectivity index (χ1n) is 9.84. The molecule has 1 aliphatic carbocycles. The van der Waals surface area contributed by atoms with Gasteiger partial charge in [0.1, 0.15) is 10.8 Å². The van der Waals surface area contributed by atoms with Crippen LogP contribution in [0.1, 0.15) is 39.4 Å². The Morgan fingerprint density at radius 1 is 1.07 bits per heavy atom. The minimum Gasteiger partial charge on any atom is -0.468 e. The quantitative estimate of drug-likeness (QED) is 0.439. The molecule has 2 amide bonds. The van der Waals surface area contributed by atoms with E-state index < -0.39 is 0 Å². The van der Waals surface area contributed by atoms with Gasteiger partial charge in [-0.15, -0.1) is 11.3 Å². The van der Waals surface area contributed by atoms with Crippen molar-refractivity contribution in [3.63, 3.8) is 0 Å². The highest BCUT2D eigenvalue weighted by atomic mass is 79.9. The molecule has 0 aliphatic heterocycles. The van der Waals surface area contributed by atoms with Gasteiger partial charge in [0, 0.05) is 15.0 Å². The summed E-state index contributed by atoms with van der Waals surface area (Å²) in [6.45, 7) is 0.606. The molecule has 0 saturated carbocycles. The van der Waals surface area contributed by atoms with Crippen molar-refractivity contribution in [2.75, 3.05) is 17.2 Å². The molecule has 1 aliphatic rings. The number of fused-ring (bicyclic) bond motifs is 1. The number of amides is 2. The fourth-order valence-electron chi connectivity index (χ4n) is 3.50. The van der Waals surface area contributed by atoms with Crippen LogP contribution in [0.2, 0.25) is 0 Å². The molecule has 6 nitrogen and oxygen atoms in total. The van der Waals surface area contributed by atoms with Crippen molar-refractivity contribution < 1.29 is 14.0 Å². The fraction of sp³-hybridized carbons (Fsp3) is 0.273. The molecule has 2 heterocycles. The number of nitrogens with one attached hydrogen (secondary N) is 3. The van der Waals surface area contributed by atoms with Crippen LogP contribution >= 0.6 is 27.3 Å². The van der Waals surface area contributed by atoms with E-state index >= 15 is 0 Å². The summed E-state index contributed by atoms with van der Waals surface area (Å²) in [7, 11) is 0. The Bertz CT molecular complexity index is 1030. The maximum Gasteiger partial charge on any atom is 0.258 e. The highest BCUT2D eigenvalue weighted by Crippen LogP contribution is 2.38. The SMILES string of the molecule is O=C(CNCc1ccco1)Nc1sc2c(c1C(=O)Nc1ccc(Br)cc1)CCCC2. The molecule has 0 fully saturated rings. The Labute approximate surface area is 187 Å². The number of thiophene rings is 1. The summed E-state index contributed by atoms with van der Waals surface area (Å²) in [5.41, 5.74) is 2.38. The van der Waals surface area contributed by atoms with Crippen LogP contribution in [0.15, 0.2) is 51.6 Å². The second kappa shape index (κ2) is 9.59. The second-order valence-corrected chi connectivity index (χ2v) is 9.13. The Balaban J connectivity index is 1.47. The highest BCUT2D eigenvalue weighted by molar-refractivity contribution is 9.10. The van der Waals surface area contributed by atoms with Crippen molar-refractivity contribution in [3.8, 4) is 0 Å². The van der Waals surface area contributed by atoms with E-state index in [0.29, 0.717) is 17.1 Å². The van der Waals surface area contributed by atoms with E-state index in [4.69, 9.17) is 4.42 Å². The van der Waals surface area contributed by atoms with Gasteiger partial charge >= 0.3 is 0 Å². The van der Waals surface area contributed by atoms with E-state index in [0.717, 1.165) is 47.2 Å². The lowest BCUT2D eigenvalue weighted by atomic mass is 9.95. The fourth-order valence-corrected chi connectivity index (χ4v) is 5.07. The van der Waals surface area contributed by atoms with Gasteiger partial charge in [0.05, 0.1) is 24.9 Å². The average Bonchev–Trinajstić information content (AvgIpc) is 3.37. The van der Waals surface area contributed by atoms with Crippen molar-refractivity contribution in [2.24, 2.45) is 0 Å². The van der Waals surface area contributed by atoms with Crippen molar-refractivity contribution in [2.45, 2.75) is 32.2 Å². The van der Waals surface area contributed by atoms with Crippen LogP contribution in [0.5, 0.6) is 0 Å². The Morgan fingerprint density at radius 3 is 2.63 bits per heavy atom. The average molecular weight is 488 g/mol. The van der Waals surface area contributed by atoms with Crippen LogP contribution in [0.3, 0.4) is 0 Å². The number of carbonyl (C=O) groups excluding carboxylic acids is 2. The third-order valence-electron chi connectivity index (χ3n) is 4.92. The number of hydrogen-bond donors (Lipinski definition) is 3. The molecular formula is C22H22BrN3O3S. The molecule has 0 unspecified atom stereocenters. The number of halogens is 1. The van der Waals surface area contributed by atoms with Crippen molar-refractivity contribution in [1.82, 2.24) is 5.32 Å². The van der Waals surface area contributed by atoms with Crippen LogP contribution in [0.25, 0.3) is 0 Å². The molecule has 3 N–H and O–H groups in total. The number of hydrogen-bond acceptors (Lipinski definition) is 5. The van der Waals surface area contributed by atoms with Crippen LogP contribution in [-0.2, 0) is 24.2 Å². The number of anilines is 2. The smallest absolute Gasteiger partial charge is 0.258 e. The third kappa shape index (κ3) is 5.00. The summed E-state index contributed by atoms with van der Waals surface area (Å²) < 4.78 is 6.20. The lowest BCUT2D eigenvalue weighted by molar-refractivity contribution is -0.115. The predicted molar refractivity (Wildman–Crippen MR) is 122 cm³/mol. The Hall–Kier alpha value is -2.42. The van der Waals surface area contributed by atoms with Crippen LogP contribution in [0, 0.1) is 0 Å². The standard InChI is InChI=1S/C22H22BrN3O3S/c23-14-7-9-15(10-8-14)25-21(28)20-17-5-1-2-6-18(17)30-22(20)26-19(27)13-24-12-16-4-3-11-29-16/h3-4,7-11,24H,1-2,5-6,12-13H2,(H,25,28)(H,26,27). The van der Waals surface area contributed by atoms with Crippen LogP contribution < -0.4 is 16.0 Å². The number of furan rings is 1. The summed E-state index contributed by atoms with van der Waals surface area (Å²) in [4.78, 5) is 26.8. The van der Waals surface area contributed by atoms with Gasteiger partial charge in [0.2, 0.25) is 5.91 Å². The van der Waals surface area contributed by atoms with E-state index in [1.54, 1.807) is 6.26 Å². The normalized spacial score (nSPS) is 13.0. The van der Waals surface area contributed by atoms with Crippen molar-refractivity contribution in [3.05, 3.63) is 68.9 Å². The second-order valence-electron chi connectivity index (χ2n) is 7.11. The molecule has 8 heteroatoms. The number of benzene rings is 1. The van der Waals surface area contributed by atoms with E-state index in [1.165, 1.54) is 16.2 Å². The molecule has 1 aromatic carbocycles. The minimum absolute atomic E-state index is 0.136. The molecule has 0 saturated heterocycles. The zero-order chi connectivity index (χ0) is 20.9. The zero-order valence-corrected chi connectivity index (χ0v) is 18.7. The van der Waals surface area contributed by atoms with E-state index in [2.05, 4.69) is 31.9 Å². The first-order chi connectivity index (χ1) is 14.6. The van der Waals surface area contributed by atoms with E-state index in [-0.39, 0.29) is 18.4 Å². The van der Waals surface area contributed by atoms with Gasteiger partial charge in [-0.2, -0.15) is 0 Å². The molecule has 0 spiro atoms. The van der Waals surface area contributed by atoms with Gasteiger partial charge in [0.25, 0.3) is 5.91 Å². The van der Waals surface area contributed by atoms with E-state index in [1.807, 2.05) is 36.4 Å². The minimum atomic E-state index is -0.185. The van der Waals surface area contributed by atoms with Gasteiger partial charge < -0.3 is 20.4 Å². The first kappa shape index (κ1) is 20.8. The Kier molecular flexibility index (Phi) is 6.66. The summed E-state index contributed by atoms with van der Waals surface area (Å²) in [6, 6.07) is 11.1. The zero-order valence-electron chi connectivity index (χ0n) is 16.3. The summed E-state index contributed by atoms with van der Waals surface area (Å²) in [5.74, 6) is 0.400. The summed E-state index contributed by atoms with van der Waals surface area (Å²) >= 11 is 4.92. The maximum absolute atomic E-state index is 13.1. The van der Waals surface area contributed by atoms with Crippen LogP contribution in [0.4, 0.5) is 10.7 Å². The van der Waals surface area contributed by atoms with Gasteiger partial charge in [-0.25, -0.2) is 0 Å². The number of rotatable bonds is 7. The molecule has 156 valence electrons. The molecule has 0 radical (unpaired) electrons. The van der Waals surface area contributed by atoms with Crippen molar-refractivity contribution in [1.29, 1.82) is 0 Å². The molecule has 30 heavy (non-hydrogen) atoms. The van der Waals surface area contributed by atoms with E-state index in [9.17, 15) is 9.59 Å². The topological polar surface area (TPSA) is 83.4 Å². The van der Waals surface area contributed by atoms with Gasteiger partial charge in [-0.3, -0.25) is 9.59 Å². The molecule has 4 rings (SSSR count). The lowest BCUT2D eigenvalue weighted by Gasteiger charge is -2.13. The molecule has 0 atom stereocenters. The summed E-state index contributed by atoms with van der Waals surface area (Å²) in [5, 5.41) is 9.59. The molecule has 3 aromatic rings. The molecular weight excluding hydrogens is 466 g/mol. The largest absolute Gasteiger partial charge is 0.468 e. The highest BCUT2D eigenvalue weighted by Gasteiger charge is 2.26. The van der Waals surface area contributed by atoms with Gasteiger partial charge in [-0.05, 0) is 67.6 Å². The molecule has 0 bridgehead atoms. The maximum atomic E-state index is 13.1. The summed E-state index contributed by atoms with van der Waals surface area (Å²) in [6.07, 6.45) is 5.58. The predicted octanol–water partition coefficient (Wildman–Crippen LogP) is 4.96. The van der Waals surface area contributed by atoms with Crippen LogP contribution in [-0.4, -0.2) is 18.4 Å². The Morgan fingerprint density at radius 2 is 1.87 bits per heavy atom. The van der Waals surface area contributed by atoms with Gasteiger partial charge in [0.15, 0.2) is 0 Å². The third-order valence-corrected chi connectivity index (χ3v) is 6.65.